The monoisotopic (exact) mass is 368 g/mol. The summed E-state index contributed by atoms with van der Waals surface area (Å²) in [5, 5.41) is 4.30. The zero-order valence-corrected chi connectivity index (χ0v) is 15.7. The highest BCUT2D eigenvalue weighted by atomic mass is 35.5. The molecule has 5 nitrogen and oxygen atoms in total. The average molecular weight is 369 g/mol. The molecule has 0 radical (unpaired) electrons. The van der Waals surface area contributed by atoms with Crippen LogP contribution in [-0.2, 0) is 14.3 Å². The van der Waals surface area contributed by atoms with Crippen LogP contribution in [0, 0.1) is 0 Å². The predicted octanol–water partition coefficient (Wildman–Crippen LogP) is 3.05. The predicted molar refractivity (Wildman–Crippen MR) is 97.8 cm³/mol. The van der Waals surface area contributed by atoms with Crippen molar-refractivity contribution in [2.75, 3.05) is 20.8 Å². The van der Waals surface area contributed by atoms with Crippen molar-refractivity contribution >= 4 is 34.9 Å². The van der Waals surface area contributed by atoms with E-state index in [-0.39, 0.29) is 6.04 Å². The number of allylic oxidation sites excluding steroid dienone is 1. The van der Waals surface area contributed by atoms with E-state index in [1.807, 2.05) is 36.9 Å². The van der Waals surface area contributed by atoms with Gasteiger partial charge in [-0.15, -0.1) is 0 Å². The number of hydrogen-bond donors (Lipinski definition) is 1. The van der Waals surface area contributed by atoms with Gasteiger partial charge in [0.25, 0.3) is 0 Å². The smallest absolute Gasteiger partial charge is 0.337 e. The van der Waals surface area contributed by atoms with E-state index in [1.54, 1.807) is 13.2 Å². The Balaban J connectivity index is 2.56. The van der Waals surface area contributed by atoms with Crippen molar-refractivity contribution in [2.24, 2.45) is 0 Å². The van der Waals surface area contributed by atoms with E-state index in [0.29, 0.717) is 22.3 Å². The van der Waals surface area contributed by atoms with Crippen LogP contribution in [-0.4, -0.2) is 42.8 Å². The third-order valence-electron chi connectivity index (χ3n) is 4.00. The number of rotatable bonds is 5. The molecule has 1 aliphatic heterocycles. The zero-order valence-electron chi connectivity index (χ0n) is 14.1. The summed E-state index contributed by atoms with van der Waals surface area (Å²) in [5.74, 6) is -0.415. The van der Waals surface area contributed by atoms with Crippen LogP contribution in [0.5, 0.6) is 0 Å². The summed E-state index contributed by atoms with van der Waals surface area (Å²) < 4.78 is 10.2. The first-order valence-electron chi connectivity index (χ1n) is 7.54. The number of carbonyl (C=O) groups is 1. The molecule has 0 amide bonds. The highest BCUT2D eigenvalue weighted by molar-refractivity contribution is 7.80. The van der Waals surface area contributed by atoms with Crippen molar-refractivity contribution in [3.05, 3.63) is 46.1 Å². The van der Waals surface area contributed by atoms with Gasteiger partial charge in [-0.2, -0.15) is 0 Å². The molecule has 0 fully saturated rings. The summed E-state index contributed by atoms with van der Waals surface area (Å²) in [5.41, 5.74) is 2.00. The van der Waals surface area contributed by atoms with Crippen LogP contribution < -0.4 is 5.32 Å². The van der Waals surface area contributed by atoms with Crippen LogP contribution in [0.4, 0.5) is 0 Å². The minimum atomic E-state index is -0.454. The summed E-state index contributed by atoms with van der Waals surface area (Å²) in [6.45, 7) is 4.31. The molecular weight excluding hydrogens is 348 g/mol. The number of ether oxygens (including phenoxy) is 2. The fraction of sp³-hybridized carbons (Fsp3) is 0.412. The minimum Gasteiger partial charge on any atom is -0.466 e. The topological polar surface area (TPSA) is 50.8 Å². The number of carbonyl (C=O) groups excluding carboxylic acids is 1. The first-order valence-corrected chi connectivity index (χ1v) is 8.33. The quantitative estimate of drug-likeness (QED) is 0.636. The second kappa shape index (κ2) is 7.96. The van der Waals surface area contributed by atoms with Crippen LogP contribution in [0.3, 0.4) is 0 Å². The highest BCUT2D eigenvalue weighted by Gasteiger charge is 2.36. The van der Waals surface area contributed by atoms with E-state index in [2.05, 4.69) is 5.32 Å². The van der Waals surface area contributed by atoms with Gasteiger partial charge >= 0.3 is 5.97 Å². The Morgan fingerprint density at radius 2 is 2.08 bits per heavy atom. The lowest BCUT2D eigenvalue weighted by Crippen LogP contribution is -2.52. The van der Waals surface area contributed by atoms with Gasteiger partial charge < -0.3 is 19.7 Å². The Bertz CT molecular complexity index is 678. The summed E-state index contributed by atoms with van der Waals surface area (Å²) in [6, 6.07) is 6.88. The molecule has 2 rings (SSSR count). The van der Waals surface area contributed by atoms with Gasteiger partial charge in [-0.1, -0.05) is 29.8 Å². The van der Waals surface area contributed by atoms with Gasteiger partial charge in [0.05, 0.1) is 31.4 Å². The summed E-state index contributed by atoms with van der Waals surface area (Å²) in [4.78, 5) is 14.3. The SMILES string of the molecule is COC[C@H](C)N1C(=S)N[C@@H](c2ccccc2Cl)C(C(=O)OC)=C1C. The molecule has 1 N–H and O–H groups in total. The molecule has 1 aromatic rings. The maximum atomic E-state index is 12.4. The molecular formula is C17H21ClN2O3S. The molecule has 1 aliphatic rings. The van der Waals surface area contributed by atoms with Crippen molar-refractivity contribution in [3.8, 4) is 0 Å². The number of hydrogen-bond acceptors (Lipinski definition) is 4. The standard InChI is InChI=1S/C17H21ClN2O3S/c1-10(9-22-3)20-11(2)14(16(21)23-4)15(19-17(20)24)12-7-5-6-8-13(12)18/h5-8,10,15H,9H2,1-4H3,(H,19,24)/t10-,15-/m0/s1. The number of methoxy groups -OCH3 is 2. The van der Waals surface area contributed by atoms with Gasteiger partial charge in [0, 0.05) is 17.8 Å². The van der Waals surface area contributed by atoms with Crippen molar-refractivity contribution < 1.29 is 14.3 Å². The summed E-state index contributed by atoms with van der Waals surface area (Å²) in [6.07, 6.45) is 0. The molecule has 0 bridgehead atoms. The maximum absolute atomic E-state index is 12.4. The average Bonchev–Trinajstić information content (AvgIpc) is 2.54. The first kappa shape index (κ1) is 18.7. The number of halogens is 1. The van der Waals surface area contributed by atoms with Gasteiger partial charge in [-0.25, -0.2) is 4.79 Å². The third kappa shape index (κ3) is 3.55. The zero-order chi connectivity index (χ0) is 17.9. The molecule has 2 atom stereocenters. The van der Waals surface area contributed by atoms with E-state index in [9.17, 15) is 4.79 Å². The lowest BCUT2D eigenvalue weighted by Gasteiger charge is -2.40. The summed E-state index contributed by atoms with van der Waals surface area (Å²) >= 11 is 11.8. The summed E-state index contributed by atoms with van der Waals surface area (Å²) in [7, 11) is 2.99. The van der Waals surface area contributed by atoms with Gasteiger partial charge in [-0.05, 0) is 37.7 Å². The van der Waals surface area contributed by atoms with Crippen molar-refractivity contribution in [2.45, 2.75) is 25.9 Å². The van der Waals surface area contributed by atoms with Crippen molar-refractivity contribution in [3.63, 3.8) is 0 Å². The second-order valence-corrected chi connectivity index (χ2v) is 6.36. The van der Waals surface area contributed by atoms with E-state index in [1.165, 1.54) is 7.11 Å². The molecule has 0 saturated carbocycles. The normalized spacial score (nSPS) is 19.1. The van der Waals surface area contributed by atoms with Crippen LogP contribution in [0.2, 0.25) is 5.02 Å². The minimum absolute atomic E-state index is 0.0261. The third-order valence-corrected chi connectivity index (χ3v) is 4.66. The highest BCUT2D eigenvalue weighted by Crippen LogP contribution is 2.35. The Hall–Kier alpha value is -1.63. The Morgan fingerprint density at radius 3 is 2.67 bits per heavy atom. The van der Waals surface area contributed by atoms with Crippen LogP contribution in [0.25, 0.3) is 0 Å². The molecule has 24 heavy (non-hydrogen) atoms. The van der Waals surface area contributed by atoms with Gasteiger partial charge in [-0.3, -0.25) is 0 Å². The van der Waals surface area contributed by atoms with E-state index >= 15 is 0 Å². The lowest BCUT2D eigenvalue weighted by molar-refractivity contribution is -0.136. The largest absolute Gasteiger partial charge is 0.466 e. The number of nitrogens with one attached hydrogen (secondary N) is 1. The van der Waals surface area contributed by atoms with Gasteiger partial charge in [0.1, 0.15) is 0 Å². The Labute approximate surface area is 152 Å². The second-order valence-electron chi connectivity index (χ2n) is 5.57. The van der Waals surface area contributed by atoms with Gasteiger partial charge in [0.15, 0.2) is 5.11 Å². The molecule has 1 aromatic carbocycles. The van der Waals surface area contributed by atoms with Crippen LogP contribution in [0.15, 0.2) is 35.5 Å². The molecule has 0 spiro atoms. The molecule has 1 heterocycles. The molecule has 0 saturated heterocycles. The van der Waals surface area contributed by atoms with Crippen molar-refractivity contribution in [1.82, 2.24) is 10.2 Å². The van der Waals surface area contributed by atoms with E-state index in [0.717, 1.165) is 11.3 Å². The fourth-order valence-corrected chi connectivity index (χ4v) is 3.60. The first-order chi connectivity index (χ1) is 11.4. The molecule has 0 aliphatic carbocycles. The molecule has 0 unspecified atom stereocenters. The number of thiocarbonyl (C=S) groups is 1. The van der Waals surface area contributed by atoms with E-state index < -0.39 is 12.0 Å². The molecule has 7 heteroatoms. The number of esters is 1. The lowest BCUT2D eigenvalue weighted by atomic mass is 9.94. The van der Waals surface area contributed by atoms with E-state index in [4.69, 9.17) is 33.3 Å². The van der Waals surface area contributed by atoms with Crippen molar-refractivity contribution in [1.29, 1.82) is 0 Å². The van der Waals surface area contributed by atoms with Crippen LogP contribution >= 0.6 is 23.8 Å². The maximum Gasteiger partial charge on any atom is 0.337 e. The number of nitrogens with zero attached hydrogens (tertiary/aromatic N) is 1. The van der Waals surface area contributed by atoms with Crippen LogP contribution in [0.1, 0.15) is 25.5 Å². The Morgan fingerprint density at radius 1 is 1.42 bits per heavy atom. The van der Waals surface area contributed by atoms with Gasteiger partial charge in [0.2, 0.25) is 0 Å². The fourth-order valence-electron chi connectivity index (χ4n) is 2.92. The molecule has 0 aromatic heterocycles. The number of benzene rings is 1. The molecule has 130 valence electrons. The Kier molecular flexibility index (Phi) is 6.21.